The highest BCUT2D eigenvalue weighted by Gasteiger charge is 2.31. The van der Waals surface area contributed by atoms with Crippen LogP contribution in [0.1, 0.15) is 43.1 Å². The molecule has 158 valence electrons. The van der Waals surface area contributed by atoms with E-state index in [0.717, 1.165) is 12.7 Å². The minimum Gasteiger partial charge on any atom is -0.369 e. The first kappa shape index (κ1) is 21.6. The average Bonchev–Trinajstić information content (AvgIpc) is 2.99. The van der Waals surface area contributed by atoms with E-state index < -0.39 is 21.2 Å². The van der Waals surface area contributed by atoms with Crippen molar-refractivity contribution in [1.82, 2.24) is 9.78 Å². The van der Waals surface area contributed by atoms with Gasteiger partial charge >= 0.3 is 0 Å². The molecule has 1 aliphatic heterocycles. The van der Waals surface area contributed by atoms with Crippen molar-refractivity contribution in [2.45, 2.75) is 38.6 Å². The molecule has 1 aromatic heterocycles. The lowest BCUT2D eigenvalue weighted by atomic mass is 9.91. The van der Waals surface area contributed by atoms with Crippen molar-refractivity contribution in [2.24, 2.45) is 11.8 Å². The second kappa shape index (κ2) is 7.99. The van der Waals surface area contributed by atoms with E-state index in [0.29, 0.717) is 37.2 Å². The first-order valence-electron chi connectivity index (χ1n) is 9.65. The average molecular weight is 440 g/mol. The molecule has 2 heterocycles. The quantitative estimate of drug-likeness (QED) is 0.723. The van der Waals surface area contributed by atoms with Crippen molar-refractivity contribution in [2.75, 3.05) is 24.2 Å². The Morgan fingerprint density at radius 2 is 1.83 bits per heavy atom. The number of H-pyrrole nitrogens is 1. The van der Waals surface area contributed by atoms with Crippen molar-refractivity contribution >= 4 is 32.9 Å². The number of carbonyl (C=O) groups is 1. The fourth-order valence-electron chi connectivity index (χ4n) is 4.11. The first-order valence-corrected chi connectivity index (χ1v) is 11.9. The molecule has 1 aliphatic rings. The fourth-order valence-corrected chi connectivity index (χ4v) is 5.44. The van der Waals surface area contributed by atoms with E-state index in [4.69, 9.17) is 11.6 Å². The van der Waals surface area contributed by atoms with Gasteiger partial charge in [-0.1, -0.05) is 25.4 Å². The van der Waals surface area contributed by atoms with Crippen LogP contribution in [0.4, 0.5) is 5.69 Å². The number of aromatic nitrogens is 2. The number of ketones is 1. The molecule has 3 rings (SSSR count). The van der Waals surface area contributed by atoms with Crippen molar-refractivity contribution in [1.29, 1.82) is 0 Å². The number of piperidine rings is 1. The summed E-state index contributed by atoms with van der Waals surface area (Å²) in [6, 6.07) is 2.81. The van der Waals surface area contributed by atoms with Crippen LogP contribution in [0.2, 0.25) is 5.02 Å². The Hall–Kier alpha value is -2.06. The zero-order valence-corrected chi connectivity index (χ0v) is 18.6. The molecule has 0 amide bonds. The summed E-state index contributed by atoms with van der Waals surface area (Å²) in [5.41, 5.74) is 0.0266. The summed E-state index contributed by atoms with van der Waals surface area (Å²) in [6.45, 7) is 7.71. The van der Waals surface area contributed by atoms with Gasteiger partial charge in [-0.3, -0.25) is 14.3 Å². The summed E-state index contributed by atoms with van der Waals surface area (Å²) in [6.07, 6.45) is 3.53. The molecule has 29 heavy (non-hydrogen) atoms. The van der Waals surface area contributed by atoms with Gasteiger partial charge in [0.25, 0.3) is 5.56 Å². The molecule has 2 unspecified atom stereocenters. The van der Waals surface area contributed by atoms with Crippen LogP contribution >= 0.6 is 11.6 Å². The Morgan fingerprint density at radius 3 is 2.34 bits per heavy atom. The van der Waals surface area contributed by atoms with Gasteiger partial charge < -0.3 is 10.00 Å². The largest absolute Gasteiger partial charge is 0.369 e. The van der Waals surface area contributed by atoms with Crippen molar-refractivity contribution in [3.05, 3.63) is 44.8 Å². The number of halogens is 1. The molecule has 7 nitrogen and oxygen atoms in total. The summed E-state index contributed by atoms with van der Waals surface area (Å²) in [7, 11) is -3.56. The molecule has 1 aromatic carbocycles. The van der Waals surface area contributed by atoms with Gasteiger partial charge in [-0.15, -0.1) is 0 Å². The Labute approximate surface area is 175 Å². The number of aromatic amines is 1. The third kappa shape index (κ3) is 4.14. The van der Waals surface area contributed by atoms with Crippen LogP contribution in [0.3, 0.4) is 0 Å². The smallest absolute Gasteiger partial charge is 0.277 e. The van der Waals surface area contributed by atoms with E-state index in [-0.39, 0.29) is 21.0 Å². The maximum absolute atomic E-state index is 13.1. The highest BCUT2D eigenvalue weighted by molar-refractivity contribution is 7.90. The molecule has 1 N–H and O–H groups in total. The van der Waals surface area contributed by atoms with E-state index in [9.17, 15) is 18.0 Å². The molecule has 0 saturated carbocycles. The third-order valence-corrected chi connectivity index (χ3v) is 6.82. The van der Waals surface area contributed by atoms with Gasteiger partial charge in [-0.25, -0.2) is 8.42 Å². The molecule has 0 aliphatic carbocycles. The van der Waals surface area contributed by atoms with Crippen LogP contribution in [0.5, 0.6) is 0 Å². The van der Waals surface area contributed by atoms with Crippen LogP contribution in [-0.4, -0.2) is 43.3 Å². The van der Waals surface area contributed by atoms with Crippen LogP contribution in [0.25, 0.3) is 0 Å². The highest BCUT2D eigenvalue weighted by Crippen LogP contribution is 2.39. The zero-order chi connectivity index (χ0) is 21.5. The maximum Gasteiger partial charge on any atom is 0.277 e. The molecule has 0 radical (unpaired) electrons. The molecular formula is C20H26ClN3O4S. The number of hydrogen-bond acceptors (Lipinski definition) is 5. The number of benzene rings is 1. The third-order valence-electron chi connectivity index (χ3n) is 5.31. The van der Waals surface area contributed by atoms with E-state index in [1.54, 1.807) is 6.92 Å². The molecule has 0 spiro atoms. The van der Waals surface area contributed by atoms with Crippen molar-refractivity contribution in [3.63, 3.8) is 0 Å². The Balaban J connectivity index is 2.17. The highest BCUT2D eigenvalue weighted by atomic mass is 35.5. The van der Waals surface area contributed by atoms with Crippen molar-refractivity contribution in [3.8, 4) is 0 Å². The number of rotatable bonds is 5. The Bertz CT molecular complexity index is 1090. The maximum atomic E-state index is 13.1. The summed E-state index contributed by atoms with van der Waals surface area (Å²) >= 11 is 6.64. The lowest BCUT2D eigenvalue weighted by Gasteiger charge is -2.38. The summed E-state index contributed by atoms with van der Waals surface area (Å²) < 4.78 is 26.2. The molecule has 0 bridgehead atoms. The molecule has 2 atom stereocenters. The molecule has 1 saturated heterocycles. The first-order chi connectivity index (χ1) is 13.5. The van der Waals surface area contributed by atoms with Gasteiger partial charge in [-0.2, -0.15) is 0 Å². The number of anilines is 1. The molecule has 1 fully saturated rings. The number of sulfone groups is 1. The summed E-state index contributed by atoms with van der Waals surface area (Å²) in [5.74, 6) is 0.203. The van der Waals surface area contributed by atoms with Gasteiger partial charge in [-0.05, 0) is 37.3 Å². The summed E-state index contributed by atoms with van der Waals surface area (Å²) in [4.78, 5) is 27.5. The van der Waals surface area contributed by atoms with Gasteiger partial charge in [0.05, 0.1) is 15.6 Å². The van der Waals surface area contributed by atoms with Gasteiger partial charge in [0, 0.05) is 37.7 Å². The van der Waals surface area contributed by atoms with E-state index >= 15 is 0 Å². The number of nitrogens with one attached hydrogen (secondary N) is 1. The number of carbonyl (C=O) groups excluding carboxylic acids is 1. The Kier molecular flexibility index (Phi) is 5.96. The monoisotopic (exact) mass is 439 g/mol. The van der Waals surface area contributed by atoms with Gasteiger partial charge in [0.1, 0.15) is 5.56 Å². The summed E-state index contributed by atoms with van der Waals surface area (Å²) in [5, 5.41) is 2.83. The van der Waals surface area contributed by atoms with Gasteiger partial charge in [0.2, 0.25) is 5.78 Å². The van der Waals surface area contributed by atoms with E-state index in [1.807, 2.05) is 4.90 Å². The minimum absolute atomic E-state index is 0.0211. The predicted molar refractivity (Wildman–Crippen MR) is 114 cm³/mol. The SMILES string of the molecule is CCn1[nH]cc(C(=O)c2ccc(S(C)(=O)=O)c(N3CC(C)CC(C)C3)c2Cl)c1=O. The standard InChI is InChI=1S/C20H26ClN3O4S/c1-5-24-20(26)15(9-22-24)19(25)14-6-7-16(29(4,27)28)18(17(14)21)23-10-12(2)8-13(3)11-23/h6-7,9,12-13,22H,5,8,10-11H2,1-4H3. The minimum atomic E-state index is -3.56. The van der Waals surface area contributed by atoms with E-state index in [2.05, 4.69) is 18.9 Å². The molecular weight excluding hydrogens is 414 g/mol. The number of nitrogens with zero attached hydrogens (tertiary/aromatic N) is 2. The second-order valence-electron chi connectivity index (χ2n) is 7.96. The number of aryl methyl sites for hydroxylation is 1. The molecule has 2 aromatic rings. The zero-order valence-electron chi connectivity index (χ0n) is 17.0. The van der Waals surface area contributed by atoms with Gasteiger partial charge in [0.15, 0.2) is 9.84 Å². The second-order valence-corrected chi connectivity index (χ2v) is 10.3. The molecule has 9 heteroatoms. The lowest BCUT2D eigenvalue weighted by molar-refractivity contribution is 0.103. The lowest BCUT2D eigenvalue weighted by Crippen LogP contribution is -2.39. The van der Waals surface area contributed by atoms with E-state index in [1.165, 1.54) is 23.0 Å². The number of hydrogen-bond donors (Lipinski definition) is 1. The fraction of sp³-hybridized carbons (Fsp3) is 0.500. The van der Waals surface area contributed by atoms with Crippen LogP contribution in [0.15, 0.2) is 28.0 Å². The normalized spacial score (nSPS) is 20.1. The van der Waals surface area contributed by atoms with Crippen LogP contribution in [-0.2, 0) is 16.4 Å². The van der Waals surface area contributed by atoms with Crippen molar-refractivity contribution < 1.29 is 13.2 Å². The predicted octanol–water partition coefficient (Wildman–Crippen LogP) is 2.97. The topological polar surface area (TPSA) is 92.2 Å². The Morgan fingerprint density at radius 1 is 1.21 bits per heavy atom. The van der Waals surface area contributed by atoms with Crippen LogP contribution < -0.4 is 10.5 Å². The van der Waals surface area contributed by atoms with Crippen LogP contribution in [0, 0.1) is 11.8 Å².